The lowest BCUT2D eigenvalue weighted by atomic mass is 10.1. The van der Waals surface area contributed by atoms with Crippen LogP contribution < -0.4 is 10.6 Å². The van der Waals surface area contributed by atoms with Gasteiger partial charge in [0, 0.05) is 31.9 Å². The number of amides is 2. The summed E-state index contributed by atoms with van der Waals surface area (Å²) in [5, 5.41) is 5.71. The number of carbonyl (C=O) groups is 2. The van der Waals surface area contributed by atoms with Crippen molar-refractivity contribution in [1.82, 2.24) is 10.2 Å². The molecule has 1 heterocycles. The molecule has 1 atom stereocenters. The molecule has 0 spiro atoms. The number of hydrogen-bond donors (Lipinski definition) is 2. The average molecular weight is 396 g/mol. The lowest BCUT2D eigenvalue weighted by molar-refractivity contribution is -0.185. The molecule has 0 aromatic heterocycles. The predicted octanol–water partition coefficient (Wildman–Crippen LogP) is 1.95. The van der Waals surface area contributed by atoms with Crippen LogP contribution in [0.15, 0.2) is 24.3 Å². The van der Waals surface area contributed by atoms with Gasteiger partial charge in [-0.25, -0.2) is 0 Å². The van der Waals surface area contributed by atoms with Crippen LogP contribution in [-0.4, -0.2) is 55.2 Å². The summed E-state index contributed by atoms with van der Waals surface area (Å²) in [5.41, 5.74) is 0.923. The fourth-order valence-electron chi connectivity index (χ4n) is 2.43. The number of alkyl halides is 3. The van der Waals surface area contributed by atoms with Gasteiger partial charge in [0.25, 0.3) is 5.91 Å². The minimum absolute atomic E-state index is 0. The minimum Gasteiger partial charge on any atom is -0.366 e. The Morgan fingerprint density at radius 3 is 2.69 bits per heavy atom. The van der Waals surface area contributed by atoms with Gasteiger partial charge in [0.2, 0.25) is 0 Å². The second kappa shape index (κ2) is 9.75. The quantitative estimate of drug-likeness (QED) is 0.799. The Morgan fingerprint density at radius 1 is 1.38 bits per heavy atom. The van der Waals surface area contributed by atoms with Crippen LogP contribution in [-0.2, 0) is 20.9 Å². The van der Waals surface area contributed by atoms with E-state index in [9.17, 15) is 22.8 Å². The van der Waals surface area contributed by atoms with Crippen molar-refractivity contribution in [3.05, 3.63) is 29.8 Å². The maximum Gasteiger partial charge on any atom is 0.471 e. The number of rotatable bonds is 5. The number of halogens is 4. The number of benzene rings is 1. The number of anilines is 1. The predicted molar refractivity (Wildman–Crippen MR) is 92.1 cm³/mol. The van der Waals surface area contributed by atoms with E-state index in [-0.39, 0.29) is 31.4 Å². The summed E-state index contributed by atoms with van der Waals surface area (Å²) in [6.45, 7) is 2.72. The van der Waals surface area contributed by atoms with Crippen LogP contribution in [0.2, 0.25) is 0 Å². The van der Waals surface area contributed by atoms with Crippen LogP contribution in [0.5, 0.6) is 0 Å². The molecule has 146 valence electrons. The SMILES string of the molecule is CCN(Cc1cccc(NC(=O)C2CNCCO2)c1)C(=O)C(F)(F)F.Cl. The van der Waals surface area contributed by atoms with Crippen molar-refractivity contribution in [3.8, 4) is 0 Å². The van der Waals surface area contributed by atoms with Crippen LogP contribution in [0.1, 0.15) is 12.5 Å². The number of morpholine rings is 1. The first kappa shape index (κ1) is 22.2. The van der Waals surface area contributed by atoms with E-state index in [1.165, 1.54) is 6.92 Å². The standard InChI is InChI=1S/C16H20F3N3O3.ClH/c1-2-22(15(24)16(17,18)19)10-11-4-3-5-12(8-11)21-14(23)13-9-20-6-7-25-13;/h3-5,8,13,20H,2,6-7,9-10H2,1H3,(H,21,23);1H. The van der Waals surface area contributed by atoms with E-state index >= 15 is 0 Å². The topological polar surface area (TPSA) is 70.7 Å². The van der Waals surface area contributed by atoms with Gasteiger partial charge in [-0.2, -0.15) is 13.2 Å². The fourth-order valence-corrected chi connectivity index (χ4v) is 2.43. The van der Waals surface area contributed by atoms with Crippen molar-refractivity contribution in [1.29, 1.82) is 0 Å². The molecule has 2 rings (SSSR count). The molecule has 1 aromatic rings. The van der Waals surface area contributed by atoms with Gasteiger partial charge in [0.15, 0.2) is 0 Å². The van der Waals surface area contributed by atoms with E-state index in [2.05, 4.69) is 10.6 Å². The van der Waals surface area contributed by atoms with Crippen molar-refractivity contribution in [3.63, 3.8) is 0 Å². The summed E-state index contributed by atoms with van der Waals surface area (Å²) in [6, 6.07) is 6.37. The van der Waals surface area contributed by atoms with Crippen LogP contribution in [0.3, 0.4) is 0 Å². The van der Waals surface area contributed by atoms with Gasteiger partial charge in [-0.15, -0.1) is 12.4 Å². The largest absolute Gasteiger partial charge is 0.471 e. The van der Waals surface area contributed by atoms with Crippen molar-refractivity contribution >= 4 is 29.9 Å². The third kappa shape index (κ3) is 6.15. The monoisotopic (exact) mass is 395 g/mol. The van der Waals surface area contributed by atoms with Crippen LogP contribution in [0, 0.1) is 0 Å². The lowest BCUT2D eigenvalue weighted by Gasteiger charge is -2.23. The molecule has 1 fully saturated rings. The van der Waals surface area contributed by atoms with E-state index in [0.29, 0.717) is 35.8 Å². The lowest BCUT2D eigenvalue weighted by Crippen LogP contribution is -2.45. The Morgan fingerprint density at radius 2 is 2.12 bits per heavy atom. The molecular formula is C16H21ClF3N3O3. The van der Waals surface area contributed by atoms with Gasteiger partial charge in [0.05, 0.1) is 6.61 Å². The molecule has 2 amide bonds. The zero-order valence-electron chi connectivity index (χ0n) is 14.1. The van der Waals surface area contributed by atoms with E-state index in [1.807, 2.05) is 0 Å². The van der Waals surface area contributed by atoms with Gasteiger partial charge in [-0.3, -0.25) is 9.59 Å². The summed E-state index contributed by atoms with van der Waals surface area (Å²) < 4.78 is 43.1. The Balaban J connectivity index is 0.00000338. The van der Waals surface area contributed by atoms with Crippen LogP contribution >= 0.6 is 12.4 Å². The number of hydrogen-bond acceptors (Lipinski definition) is 4. The number of carbonyl (C=O) groups excluding carboxylic acids is 2. The normalized spacial score (nSPS) is 17.2. The highest BCUT2D eigenvalue weighted by atomic mass is 35.5. The van der Waals surface area contributed by atoms with Crippen molar-refractivity contribution in [2.75, 3.05) is 31.6 Å². The molecule has 0 aliphatic carbocycles. The maximum atomic E-state index is 12.6. The summed E-state index contributed by atoms with van der Waals surface area (Å²) in [5.74, 6) is -2.21. The van der Waals surface area contributed by atoms with Crippen LogP contribution in [0.4, 0.5) is 18.9 Å². The summed E-state index contributed by atoms with van der Waals surface area (Å²) >= 11 is 0. The van der Waals surface area contributed by atoms with E-state index in [0.717, 1.165) is 0 Å². The zero-order chi connectivity index (χ0) is 18.4. The molecule has 1 aliphatic heterocycles. The van der Waals surface area contributed by atoms with Gasteiger partial charge in [-0.05, 0) is 24.6 Å². The fraction of sp³-hybridized carbons (Fsp3) is 0.500. The highest BCUT2D eigenvalue weighted by molar-refractivity contribution is 5.94. The third-order valence-electron chi connectivity index (χ3n) is 3.70. The molecule has 26 heavy (non-hydrogen) atoms. The van der Waals surface area contributed by atoms with E-state index in [1.54, 1.807) is 24.3 Å². The summed E-state index contributed by atoms with van der Waals surface area (Å²) in [6.07, 6.45) is -5.52. The van der Waals surface area contributed by atoms with Gasteiger partial charge in [-0.1, -0.05) is 12.1 Å². The first-order valence-electron chi connectivity index (χ1n) is 7.89. The maximum absolute atomic E-state index is 12.6. The average Bonchev–Trinajstić information content (AvgIpc) is 2.59. The molecular weight excluding hydrogens is 375 g/mol. The number of nitrogens with one attached hydrogen (secondary N) is 2. The molecule has 1 aliphatic rings. The smallest absolute Gasteiger partial charge is 0.366 e. The summed E-state index contributed by atoms with van der Waals surface area (Å²) in [4.78, 5) is 24.2. The van der Waals surface area contributed by atoms with Crippen molar-refractivity contribution < 1.29 is 27.5 Å². The van der Waals surface area contributed by atoms with Gasteiger partial charge in [0.1, 0.15) is 6.10 Å². The van der Waals surface area contributed by atoms with Crippen molar-refractivity contribution in [2.45, 2.75) is 25.7 Å². The van der Waals surface area contributed by atoms with Gasteiger partial charge < -0.3 is 20.3 Å². The first-order valence-corrected chi connectivity index (χ1v) is 7.89. The Bertz CT molecular complexity index is 622. The molecule has 2 N–H and O–H groups in total. The molecule has 1 saturated heterocycles. The number of ether oxygens (including phenoxy) is 1. The highest BCUT2D eigenvalue weighted by Gasteiger charge is 2.41. The van der Waals surface area contributed by atoms with E-state index in [4.69, 9.17) is 4.74 Å². The number of nitrogens with zero attached hydrogens (tertiary/aromatic N) is 1. The molecule has 0 saturated carbocycles. The molecule has 1 unspecified atom stereocenters. The van der Waals surface area contributed by atoms with E-state index < -0.39 is 18.2 Å². The molecule has 0 bridgehead atoms. The Labute approximate surface area is 155 Å². The van der Waals surface area contributed by atoms with Gasteiger partial charge >= 0.3 is 12.1 Å². The second-order valence-electron chi connectivity index (χ2n) is 5.57. The first-order chi connectivity index (χ1) is 11.8. The summed E-state index contributed by atoms with van der Waals surface area (Å²) in [7, 11) is 0. The minimum atomic E-state index is -4.91. The van der Waals surface area contributed by atoms with Crippen molar-refractivity contribution in [2.24, 2.45) is 0 Å². The molecule has 0 radical (unpaired) electrons. The second-order valence-corrected chi connectivity index (χ2v) is 5.57. The highest BCUT2D eigenvalue weighted by Crippen LogP contribution is 2.21. The van der Waals surface area contributed by atoms with Crippen LogP contribution in [0.25, 0.3) is 0 Å². The molecule has 10 heteroatoms. The molecule has 1 aromatic carbocycles. The Hall–Kier alpha value is -1.84. The third-order valence-corrected chi connectivity index (χ3v) is 3.70. The molecule has 6 nitrogen and oxygen atoms in total. The Kier molecular flexibility index (Phi) is 8.32. The zero-order valence-corrected chi connectivity index (χ0v) is 15.0.